The second kappa shape index (κ2) is 6.80. The number of nitrogens with one attached hydrogen (secondary N) is 1. The van der Waals surface area contributed by atoms with Gasteiger partial charge in [0.2, 0.25) is 11.7 Å². The van der Waals surface area contributed by atoms with Crippen molar-refractivity contribution in [2.24, 2.45) is 0 Å². The van der Waals surface area contributed by atoms with Crippen LogP contribution in [0.2, 0.25) is 0 Å². The number of rotatable bonds is 6. The Balaban J connectivity index is 2.22. The topological polar surface area (TPSA) is 51.0 Å². The van der Waals surface area contributed by atoms with Crippen LogP contribution in [0.5, 0.6) is 0 Å². The van der Waals surface area contributed by atoms with E-state index in [-0.39, 0.29) is 17.8 Å². The van der Waals surface area contributed by atoms with Crippen molar-refractivity contribution >= 4 is 0 Å². The lowest BCUT2D eigenvalue weighted by Gasteiger charge is -2.20. The molecule has 5 heteroatoms. The van der Waals surface area contributed by atoms with E-state index < -0.39 is 0 Å². The summed E-state index contributed by atoms with van der Waals surface area (Å²) in [6.07, 6.45) is 0.978. The van der Waals surface area contributed by atoms with Gasteiger partial charge in [0.25, 0.3) is 0 Å². The van der Waals surface area contributed by atoms with E-state index in [0.29, 0.717) is 22.8 Å². The molecule has 0 aliphatic heterocycles. The van der Waals surface area contributed by atoms with Crippen molar-refractivity contribution in [3.05, 3.63) is 35.5 Å². The number of hydrogen-bond acceptors (Lipinski definition) is 4. The molecule has 2 aromatic rings. The molecule has 21 heavy (non-hydrogen) atoms. The summed E-state index contributed by atoms with van der Waals surface area (Å²) in [4.78, 5) is 4.42. The Bertz CT molecular complexity index is 597. The van der Waals surface area contributed by atoms with Crippen LogP contribution in [0.1, 0.15) is 44.6 Å². The maximum atomic E-state index is 13.6. The summed E-state index contributed by atoms with van der Waals surface area (Å²) in [6, 6.07) is 5.26. The van der Waals surface area contributed by atoms with E-state index >= 15 is 0 Å². The lowest BCUT2D eigenvalue weighted by molar-refractivity contribution is 0.321. The summed E-state index contributed by atoms with van der Waals surface area (Å²) in [5.41, 5.74) is 1.24. The number of benzene rings is 1. The van der Waals surface area contributed by atoms with Crippen molar-refractivity contribution < 1.29 is 8.91 Å². The van der Waals surface area contributed by atoms with Gasteiger partial charge in [0.05, 0.1) is 5.92 Å². The van der Waals surface area contributed by atoms with Crippen LogP contribution in [-0.2, 0) is 0 Å². The van der Waals surface area contributed by atoms with E-state index in [1.165, 1.54) is 6.07 Å². The molecule has 0 saturated carbocycles. The molecule has 1 N–H and O–H groups in total. The highest BCUT2D eigenvalue weighted by atomic mass is 19.1. The third kappa shape index (κ3) is 3.47. The summed E-state index contributed by atoms with van der Waals surface area (Å²) < 4.78 is 19.0. The summed E-state index contributed by atoms with van der Waals surface area (Å²) in [6.45, 7) is 8.88. The molecule has 0 aliphatic carbocycles. The Morgan fingerprint density at radius 3 is 2.71 bits per heavy atom. The van der Waals surface area contributed by atoms with Gasteiger partial charge >= 0.3 is 0 Å². The fourth-order valence-corrected chi connectivity index (χ4v) is 2.38. The van der Waals surface area contributed by atoms with Gasteiger partial charge in [-0.2, -0.15) is 4.98 Å². The summed E-state index contributed by atoms with van der Waals surface area (Å²) in [5.74, 6) is 0.873. The zero-order valence-electron chi connectivity index (χ0n) is 13.0. The second-order valence-corrected chi connectivity index (χ2v) is 5.28. The van der Waals surface area contributed by atoms with E-state index in [1.807, 2.05) is 0 Å². The minimum atomic E-state index is -0.258. The number of halogens is 1. The zero-order chi connectivity index (χ0) is 15.4. The highest BCUT2D eigenvalue weighted by Gasteiger charge is 2.22. The Morgan fingerprint density at radius 2 is 2.10 bits per heavy atom. The summed E-state index contributed by atoms with van der Waals surface area (Å²) in [5, 5.41) is 7.38. The van der Waals surface area contributed by atoms with Crippen LogP contribution in [-0.4, -0.2) is 22.7 Å². The average molecular weight is 291 g/mol. The molecule has 0 saturated heterocycles. The van der Waals surface area contributed by atoms with Gasteiger partial charge in [-0.15, -0.1) is 0 Å². The number of aryl methyl sites for hydroxylation is 1. The second-order valence-electron chi connectivity index (χ2n) is 5.28. The molecular formula is C16H22FN3O. The molecule has 2 unspecified atom stereocenters. The maximum absolute atomic E-state index is 13.6. The van der Waals surface area contributed by atoms with Gasteiger partial charge in [-0.25, -0.2) is 4.39 Å². The first-order valence-corrected chi connectivity index (χ1v) is 7.40. The molecular weight excluding hydrogens is 269 g/mol. The Labute approximate surface area is 124 Å². The third-order valence-electron chi connectivity index (χ3n) is 3.77. The summed E-state index contributed by atoms with van der Waals surface area (Å²) in [7, 11) is 0. The molecule has 0 spiro atoms. The fourth-order valence-electron chi connectivity index (χ4n) is 2.38. The Kier molecular flexibility index (Phi) is 5.07. The Morgan fingerprint density at radius 1 is 1.33 bits per heavy atom. The van der Waals surface area contributed by atoms with Crippen molar-refractivity contribution in [3.8, 4) is 11.4 Å². The van der Waals surface area contributed by atoms with E-state index in [2.05, 4.69) is 36.2 Å². The van der Waals surface area contributed by atoms with E-state index in [1.54, 1.807) is 19.1 Å². The van der Waals surface area contributed by atoms with Crippen LogP contribution >= 0.6 is 0 Å². The molecule has 1 heterocycles. The first-order chi connectivity index (χ1) is 10.1. The van der Waals surface area contributed by atoms with Crippen LogP contribution in [0.25, 0.3) is 11.4 Å². The SMILES string of the molecule is CCNC(CC)C(C)c1nc(-c2ccc(C)c(F)c2)no1. The highest BCUT2D eigenvalue weighted by Crippen LogP contribution is 2.24. The lowest BCUT2D eigenvalue weighted by Crippen LogP contribution is -2.33. The van der Waals surface area contributed by atoms with Crippen LogP contribution in [0.15, 0.2) is 22.7 Å². The molecule has 1 aromatic heterocycles. The zero-order valence-corrected chi connectivity index (χ0v) is 13.0. The van der Waals surface area contributed by atoms with Crippen molar-refractivity contribution in [2.45, 2.75) is 46.1 Å². The van der Waals surface area contributed by atoms with E-state index in [4.69, 9.17) is 4.52 Å². The predicted molar refractivity (Wildman–Crippen MR) is 80.6 cm³/mol. The number of aromatic nitrogens is 2. The van der Waals surface area contributed by atoms with Crippen molar-refractivity contribution in [1.82, 2.24) is 15.5 Å². The van der Waals surface area contributed by atoms with E-state index in [9.17, 15) is 4.39 Å². The first-order valence-electron chi connectivity index (χ1n) is 7.40. The van der Waals surface area contributed by atoms with Gasteiger partial charge in [0.1, 0.15) is 5.82 Å². The van der Waals surface area contributed by atoms with Crippen LogP contribution in [0.4, 0.5) is 4.39 Å². The normalized spacial score (nSPS) is 14.1. The molecule has 1 aromatic carbocycles. The number of hydrogen-bond donors (Lipinski definition) is 1. The van der Waals surface area contributed by atoms with E-state index in [0.717, 1.165) is 13.0 Å². The van der Waals surface area contributed by atoms with Gasteiger partial charge in [-0.3, -0.25) is 0 Å². The first kappa shape index (κ1) is 15.6. The molecule has 0 aliphatic rings. The van der Waals surface area contributed by atoms with Gasteiger partial charge in [0.15, 0.2) is 0 Å². The van der Waals surface area contributed by atoms with Crippen LogP contribution < -0.4 is 5.32 Å². The maximum Gasteiger partial charge on any atom is 0.231 e. The van der Waals surface area contributed by atoms with Gasteiger partial charge in [-0.1, -0.05) is 38.1 Å². The van der Waals surface area contributed by atoms with Gasteiger partial charge in [-0.05, 0) is 31.5 Å². The quantitative estimate of drug-likeness (QED) is 0.882. The van der Waals surface area contributed by atoms with Gasteiger partial charge in [0, 0.05) is 11.6 Å². The predicted octanol–water partition coefficient (Wildman–Crippen LogP) is 3.68. The fraction of sp³-hybridized carbons (Fsp3) is 0.500. The smallest absolute Gasteiger partial charge is 0.231 e. The molecule has 4 nitrogen and oxygen atoms in total. The molecule has 0 fully saturated rings. The van der Waals surface area contributed by atoms with Crippen molar-refractivity contribution in [1.29, 1.82) is 0 Å². The molecule has 2 atom stereocenters. The third-order valence-corrected chi connectivity index (χ3v) is 3.77. The molecule has 0 radical (unpaired) electrons. The minimum Gasteiger partial charge on any atom is -0.339 e. The van der Waals surface area contributed by atoms with Crippen LogP contribution in [0, 0.1) is 12.7 Å². The number of likely N-dealkylation sites (N-methyl/N-ethyl adjacent to an activating group) is 1. The standard InChI is InChI=1S/C16H22FN3O/c1-5-14(18-6-2)11(4)16-19-15(20-21-16)12-8-7-10(3)13(17)9-12/h7-9,11,14,18H,5-6H2,1-4H3. The average Bonchev–Trinajstić information content (AvgIpc) is 2.96. The Hall–Kier alpha value is -1.75. The number of nitrogens with zero attached hydrogens (tertiary/aromatic N) is 2. The highest BCUT2D eigenvalue weighted by molar-refractivity contribution is 5.55. The minimum absolute atomic E-state index is 0.117. The molecule has 0 amide bonds. The van der Waals surface area contributed by atoms with Gasteiger partial charge < -0.3 is 9.84 Å². The lowest BCUT2D eigenvalue weighted by atomic mass is 9.99. The monoisotopic (exact) mass is 291 g/mol. The largest absolute Gasteiger partial charge is 0.339 e. The van der Waals surface area contributed by atoms with Crippen molar-refractivity contribution in [3.63, 3.8) is 0 Å². The summed E-state index contributed by atoms with van der Waals surface area (Å²) >= 11 is 0. The van der Waals surface area contributed by atoms with Crippen LogP contribution in [0.3, 0.4) is 0 Å². The molecule has 2 rings (SSSR count). The molecule has 114 valence electrons. The van der Waals surface area contributed by atoms with Crippen molar-refractivity contribution in [2.75, 3.05) is 6.54 Å². The molecule has 0 bridgehead atoms.